The van der Waals surface area contributed by atoms with Crippen molar-refractivity contribution in [1.29, 1.82) is 0 Å². The zero-order chi connectivity index (χ0) is 9.84. The Labute approximate surface area is 75.9 Å². The minimum Gasteiger partial charge on any atom is -0.374 e. The second-order valence-electron chi connectivity index (χ2n) is 2.70. The molecule has 0 bridgehead atoms. The summed E-state index contributed by atoms with van der Waals surface area (Å²) in [5.41, 5.74) is 5.75. The van der Waals surface area contributed by atoms with Gasteiger partial charge in [-0.05, 0) is 6.92 Å². The van der Waals surface area contributed by atoms with Crippen molar-refractivity contribution in [1.82, 2.24) is 9.97 Å². The molecule has 0 spiro atoms. The van der Waals surface area contributed by atoms with Gasteiger partial charge in [-0.2, -0.15) is 0 Å². The highest BCUT2D eigenvalue weighted by atomic mass is 16.5. The van der Waals surface area contributed by atoms with Crippen LogP contribution in [0.2, 0.25) is 0 Å². The summed E-state index contributed by atoms with van der Waals surface area (Å²) in [7, 11) is 1.56. The van der Waals surface area contributed by atoms with E-state index in [2.05, 4.69) is 9.97 Å². The number of H-pyrrole nitrogens is 1. The minimum absolute atomic E-state index is 0.200. The zero-order valence-corrected chi connectivity index (χ0v) is 7.70. The molecule has 0 aliphatic rings. The zero-order valence-electron chi connectivity index (χ0n) is 7.70. The Morgan fingerprint density at radius 2 is 2.46 bits per heavy atom. The summed E-state index contributed by atoms with van der Waals surface area (Å²) in [4.78, 5) is 17.8. The van der Waals surface area contributed by atoms with Gasteiger partial charge in [0.2, 0.25) is 0 Å². The topological polar surface area (TPSA) is 81.0 Å². The van der Waals surface area contributed by atoms with Crippen LogP contribution in [0.15, 0.2) is 10.9 Å². The molecule has 0 radical (unpaired) electrons. The van der Waals surface area contributed by atoms with Gasteiger partial charge in [0.15, 0.2) is 0 Å². The van der Waals surface area contributed by atoms with Gasteiger partial charge in [0.25, 0.3) is 5.56 Å². The SMILES string of the molecule is COC(C)c1nc(CN)cc(=O)[nH]1. The fourth-order valence-corrected chi connectivity index (χ4v) is 0.937. The van der Waals surface area contributed by atoms with Gasteiger partial charge in [0, 0.05) is 19.7 Å². The second kappa shape index (κ2) is 4.15. The number of hydrogen-bond acceptors (Lipinski definition) is 4. The minimum atomic E-state index is -0.223. The van der Waals surface area contributed by atoms with E-state index in [0.717, 1.165) is 0 Å². The highest BCUT2D eigenvalue weighted by molar-refractivity contribution is 5.03. The lowest BCUT2D eigenvalue weighted by Gasteiger charge is -2.08. The number of rotatable bonds is 3. The number of nitrogens with zero attached hydrogens (tertiary/aromatic N) is 1. The van der Waals surface area contributed by atoms with Crippen LogP contribution in [0.25, 0.3) is 0 Å². The summed E-state index contributed by atoms with van der Waals surface area (Å²) in [6, 6.07) is 1.38. The molecule has 0 saturated carbocycles. The van der Waals surface area contributed by atoms with Crippen LogP contribution in [0.4, 0.5) is 0 Å². The summed E-state index contributed by atoms with van der Waals surface area (Å²) in [6.07, 6.45) is -0.223. The van der Waals surface area contributed by atoms with Crippen molar-refractivity contribution < 1.29 is 4.74 Å². The van der Waals surface area contributed by atoms with Crippen molar-refractivity contribution in [3.63, 3.8) is 0 Å². The molecule has 72 valence electrons. The van der Waals surface area contributed by atoms with Gasteiger partial charge in [-0.25, -0.2) is 4.98 Å². The average molecular weight is 183 g/mol. The quantitative estimate of drug-likeness (QED) is 0.687. The lowest BCUT2D eigenvalue weighted by atomic mass is 10.3. The highest BCUT2D eigenvalue weighted by Crippen LogP contribution is 2.08. The maximum absolute atomic E-state index is 11.1. The standard InChI is InChI=1S/C8H13N3O2/c1-5(13-2)8-10-6(4-9)3-7(12)11-8/h3,5H,4,9H2,1-2H3,(H,10,11,12). The number of nitrogens with two attached hydrogens (primary N) is 1. The van der Waals surface area contributed by atoms with E-state index in [1.165, 1.54) is 6.07 Å². The van der Waals surface area contributed by atoms with Gasteiger partial charge in [-0.3, -0.25) is 4.79 Å². The number of aromatic nitrogens is 2. The predicted octanol–water partition coefficient (Wildman–Crippen LogP) is -0.0640. The van der Waals surface area contributed by atoms with Crippen molar-refractivity contribution in [3.8, 4) is 0 Å². The number of methoxy groups -OCH3 is 1. The Balaban J connectivity index is 3.08. The van der Waals surface area contributed by atoms with E-state index in [0.29, 0.717) is 11.5 Å². The van der Waals surface area contributed by atoms with Crippen molar-refractivity contribution in [2.45, 2.75) is 19.6 Å². The summed E-state index contributed by atoms with van der Waals surface area (Å²) >= 11 is 0. The normalized spacial score (nSPS) is 12.8. The molecule has 3 N–H and O–H groups in total. The van der Waals surface area contributed by atoms with Crippen LogP contribution < -0.4 is 11.3 Å². The lowest BCUT2D eigenvalue weighted by Crippen LogP contribution is -2.16. The second-order valence-corrected chi connectivity index (χ2v) is 2.70. The fourth-order valence-electron chi connectivity index (χ4n) is 0.937. The highest BCUT2D eigenvalue weighted by Gasteiger charge is 2.07. The molecular weight excluding hydrogens is 170 g/mol. The first-order valence-electron chi connectivity index (χ1n) is 4.00. The maximum Gasteiger partial charge on any atom is 0.251 e. The summed E-state index contributed by atoms with van der Waals surface area (Å²) in [5, 5.41) is 0. The number of ether oxygens (including phenoxy) is 1. The van der Waals surface area contributed by atoms with E-state index in [1.54, 1.807) is 14.0 Å². The van der Waals surface area contributed by atoms with E-state index >= 15 is 0 Å². The summed E-state index contributed by atoms with van der Waals surface area (Å²) in [6.45, 7) is 2.06. The molecule has 5 heteroatoms. The molecule has 13 heavy (non-hydrogen) atoms. The van der Waals surface area contributed by atoms with Gasteiger partial charge < -0.3 is 15.5 Å². The molecule has 1 heterocycles. The maximum atomic E-state index is 11.1. The van der Waals surface area contributed by atoms with Crippen LogP contribution in [-0.4, -0.2) is 17.1 Å². The molecule has 1 atom stereocenters. The van der Waals surface area contributed by atoms with Crippen molar-refractivity contribution in [3.05, 3.63) is 27.9 Å². The molecule has 0 amide bonds. The third kappa shape index (κ3) is 2.37. The monoisotopic (exact) mass is 183 g/mol. The Morgan fingerprint density at radius 3 is 3.00 bits per heavy atom. The molecule has 0 aliphatic heterocycles. The molecule has 1 aromatic heterocycles. The molecular formula is C8H13N3O2. The van der Waals surface area contributed by atoms with Crippen molar-refractivity contribution in [2.24, 2.45) is 5.73 Å². The van der Waals surface area contributed by atoms with Gasteiger partial charge in [0.1, 0.15) is 11.9 Å². The van der Waals surface area contributed by atoms with Crippen molar-refractivity contribution >= 4 is 0 Å². The van der Waals surface area contributed by atoms with Crippen LogP contribution >= 0.6 is 0 Å². The molecule has 5 nitrogen and oxygen atoms in total. The molecule has 1 rings (SSSR count). The van der Waals surface area contributed by atoms with Crippen LogP contribution in [0, 0.1) is 0 Å². The van der Waals surface area contributed by atoms with E-state index in [1.807, 2.05) is 0 Å². The summed E-state index contributed by atoms with van der Waals surface area (Å²) in [5.74, 6) is 0.510. The van der Waals surface area contributed by atoms with E-state index in [-0.39, 0.29) is 18.2 Å². The summed E-state index contributed by atoms with van der Waals surface area (Å²) < 4.78 is 5.02. The smallest absolute Gasteiger partial charge is 0.251 e. The van der Waals surface area contributed by atoms with E-state index in [9.17, 15) is 4.79 Å². The molecule has 1 aromatic rings. The first-order valence-corrected chi connectivity index (χ1v) is 4.00. The third-order valence-corrected chi connectivity index (χ3v) is 1.76. The predicted molar refractivity (Wildman–Crippen MR) is 48.2 cm³/mol. The first kappa shape index (κ1) is 9.88. The van der Waals surface area contributed by atoms with Crippen LogP contribution in [0.5, 0.6) is 0 Å². The molecule has 0 fully saturated rings. The van der Waals surface area contributed by atoms with E-state index in [4.69, 9.17) is 10.5 Å². The number of hydrogen-bond donors (Lipinski definition) is 2. The Morgan fingerprint density at radius 1 is 1.77 bits per heavy atom. The molecule has 0 aliphatic carbocycles. The molecule has 1 unspecified atom stereocenters. The van der Waals surface area contributed by atoms with E-state index < -0.39 is 0 Å². The van der Waals surface area contributed by atoms with Crippen molar-refractivity contribution in [2.75, 3.05) is 7.11 Å². The van der Waals surface area contributed by atoms with Crippen LogP contribution in [-0.2, 0) is 11.3 Å². The van der Waals surface area contributed by atoms with Gasteiger partial charge in [-0.15, -0.1) is 0 Å². The Bertz CT molecular complexity index is 334. The Kier molecular flexibility index (Phi) is 3.16. The first-order chi connectivity index (χ1) is 6.17. The Hall–Kier alpha value is -1.20. The molecule has 0 aromatic carbocycles. The fraction of sp³-hybridized carbons (Fsp3) is 0.500. The third-order valence-electron chi connectivity index (χ3n) is 1.76. The average Bonchev–Trinajstić information content (AvgIpc) is 2.15. The number of aromatic amines is 1. The van der Waals surface area contributed by atoms with Gasteiger partial charge in [0.05, 0.1) is 5.69 Å². The largest absolute Gasteiger partial charge is 0.374 e. The number of nitrogens with one attached hydrogen (secondary N) is 1. The van der Waals surface area contributed by atoms with Gasteiger partial charge >= 0.3 is 0 Å². The van der Waals surface area contributed by atoms with Crippen LogP contribution in [0.3, 0.4) is 0 Å². The lowest BCUT2D eigenvalue weighted by molar-refractivity contribution is 0.111. The van der Waals surface area contributed by atoms with Crippen LogP contribution in [0.1, 0.15) is 24.5 Å². The molecule has 0 saturated heterocycles. The van der Waals surface area contributed by atoms with Gasteiger partial charge in [-0.1, -0.05) is 0 Å².